The number of carbonyl (C=O) groups excluding carboxylic acids is 1. The highest BCUT2D eigenvalue weighted by Gasteiger charge is 2.30. The molecule has 0 unspecified atom stereocenters. The monoisotopic (exact) mass is 210 g/mol. The van der Waals surface area contributed by atoms with Crippen LogP contribution in [0, 0.1) is 11.8 Å². The zero-order chi connectivity index (χ0) is 10.7. The van der Waals surface area contributed by atoms with Gasteiger partial charge in [-0.25, -0.2) is 0 Å². The molecule has 1 heterocycles. The highest BCUT2D eigenvalue weighted by Crippen LogP contribution is 2.35. The van der Waals surface area contributed by atoms with Gasteiger partial charge < -0.3 is 10.6 Å². The van der Waals surface area contributed by atoms with Gasteiger partial charge in [0.2, 0.25) is 5.91 Å². The van der Waals surface area contributed by atoms with Crippen molar-refractivity contribution >= 4 is 5.91 Å². The highest BCUT2D eigenvalue weighted by atomic mass is 16.1. The predicted molar refractivity (Wildman–Crippen MR) is 60.3 cm³/mol. The molecule has 2 fully saturated rings. The topological polar surface area (TPSA) is 46.3 Å². The first kappa shape index (κ1) is 10.9. The molecule has 0 bridgehead atoms. The standard InChI is InChI=1S/C12H22N2O/c13-12(15)6-8-14-7-5-10-3-1-2-4-11(10)9-14/h10-11H,1-9H2,(H2,13,15)/t10-,11-/m1/s1. The number of rotatable bonds is 3. The number of nitrogens with zero attached hydrogens (tertiary/aromatic N) is 1. The van der Waals surface area contributed by atoms with E-state index in [1.807, 2.05) is 0 Å². The second kappa shape index (κ2) is 4.97. The molecule has 1 saturated carbocycles. The lowest BCUT2D eigenvalue weighted by molar-refractivity contribution is -0.118. The third-order valence-electron chi connectivity index (χ3n) is 4.05. The Morgan fingerprint density at radius 2 is 1.93 bits per heavy atom. The zero-order valence-corrected chi connectivity index (χ0v) is 9.45. The summed E-state index contributed by atoms with van der Waals surface area (Å²) in [6.07, 6.45) is 7.54. The van der Waals surface area contributed by atoms with Crippen LogP contribution in [0.5, 0.6) is 0 Å². The summed E-state index contributed by atoms with van der Waals surface area (Å²) in [5.41, 5.74) is 5.18. The SMILES string of the molecule is NC(=O)CCN1CC[C@H]2CCCC[C@@H]2C1. The van der Waals surface area contributed by atoms with E-state index >= 15 is 0 Å². The molecule has 2 N–H and O–H groups in total. The molecule has 3 nitrogen and oxygen atoms in total. The molecule has 86 valence electrons. The van der Waals surface area contributed by atoms with Gasteiger partial charge in [-0.15, -0.1) is 0 Å². The molecular formula is C12H22N2O. The number of hydrogen-bond donors (Lipinski definition) is 1. The van der Waals surface area contributed by atoms with E-state index in [-0.39, 0.29) is 5.91 Å². The van der Waals surface area contributed by atoms with Crippen LogP contribution in [0.25, 0.3) is 0 Å². The average molecular weight is 210 g/mol. The molecule has 0 radical (unpaired) electrons. The Kier molecular flexibility index (Phi) is 3.62. The first-order valence-electron chi connectivity index (χ1n) is 6.26. The van der Waals surface area contributed by atoms with E-state index in [0.29, 0.717) is 6.42 Å². The summed E-state index contributed by atoms with van der Waals surface area (Å²) in [6.45, 7) is 3.25. The van der Waals surface area contributed by atoms with E-state index in [0.717, 1.165) is 18.4 Å². The van der Waals surface area contributed by atoms with Crippen LogP contribution in [-0.2, 0) is 4.79 Å². The van der Waals surface area contributed by atoms with Gasteiger partial charge in [-0.2, -0.15) is 0 Å². The van der Waals surface area contributed by atoms with Gasteiger partial charge in [-0.05, 0) is 31.2 Å². The summed E-state index contributed by atoms with van der Waals surface area (Å²) in [6, 6.07) is 0. The molecule has 3 heteroatoms. The third kappa shape index (κ3) is 2.94. The molecular weight excluding hydrogens is 188 g/mol. The summed E-state index contributed by atoms with van der Waals surface area (Å²) >= 11 is 0. The van der Waals surface area contributed by atoms with Crippen LogP contribution in [-0.4, -0.2) is 30.4 Å². The predicted octanol–water partition coefficient (Wildman–Crippen LogP) is 1.37. The Hall–Kier alpha value is -0.570. The van der Waals surface area contributed by atoms with Crippen LogP contribution in [0.3, 0.4) is 0 Å². The largest absolute Gasteiger partial charge is 0.370 e. The van der Waals surface area contributed by atoms with E-state index in [1.54, 1.807) is 0 Å². The van der Waals surface area contributed by atoms with Crippen LogP contribution in [0.4, 0.5) is 0 Å². The summed E-state index contributed by atoms with van der Waals surface area (Å²) in [5.74, 6) is 1.71. The van der Waals surface area contributed by atoms with Gasteiger partial charge >= 0.3 is 0 Å². The van der Waals surface area contributed by atoms with Crippen molar-refractivity contribution in [3.05, 3.63) is 0 Å². The molecule has 0 aromatic carbocycles. The fourth-order valence-corrected chi connectivity index (χ4v) is 3.15. The van der Waals surface area contributed by atoms with Crippen molar-refractivity contribution in [1.29, 1.82) is 0 Å². The van der Waals surface area contributed by atoms with E-state index in [1.165, 1.54) is 45.2 Å². The Bertz CT molecular complexity index is 230. The molecule has 1 amide bonds. The fraction of sp³-hybridized carbons (Fsp3) is 0.917. The van der Waals surface area contributed by atoms with Gasteiger partial charge in [0.1, 0.15) is 0 Å². The minimum atomic E-state index is -0.166. The van der Waals surface area contributed by atoms with Crippen LogP contribution in [0.15, 0.2) is 0 Å². The lowest BCUT2D eigenvalue weighted by atomic mass is 9.75. The Morgan fingerprint density at radius 3 is 2.67 bits per heavy atom. The number of fused-ring (bicyclic) bond motifs is 1. The van der Waals surface area contributed by atoms with Gasteiger partial charge in [0.05, 0.1) is 0 Å². The first-order valence-corrected chi connectivity index (χ1v) is 6.26. The molecule has 2 aliphatic rings. The minimum absolute atomic E-state index is 0.166. The quantitative estimate of drug-likeness (QED) is 0.765. The van der Waals surface area contributed by atoms with Crippen molar-refractivity contribution in [3.63, 3.8) is 0 Å². The second-order valence-electron chi connectivity index (χ2n) is 5.11. The minimum Gasteiger partial charge on any atom is -0.370 e. The maximum atomic E-state index is 10.7. The van der Waals surface area contributed by atoms with Crippen LogP contribution < -0.4 is 5.73 Å². The summed E-state index contributed by atoms with van der Waals surface area (Å²) in [7, 11) is 0. The Labute approximate surface area is 92.0 Å². The molecule has 1 saturated heterocycles. The molecule has 0 aromatic heterocycles. The number of amides is 1. The first-order chi connectivity index (χ1) is 7.25. The van der Waals surface area contributed by atoms with E-state index in [2.05, 4.69) is 4.90 Å². The lowest BCUT2D eigenvalue weighted by Gasteiger charge is -2.41. The normalized spacial score (nSPS) is 32.3. The summed E-state index contributed by atoms with van der Waals surface area (Å²) in [5, 5.41) is 0. The summed E-state index contributed by atoms with van der Waals surface area (Å²) in [4.78, 5) is 13.1. The molecule has 2 rings (SSSR count). The van der Waals surface area contributed by atoms with Crippen LogP contribution in [0.2, 0.25) is 0 Å². The summed E-state index contributed by atoms with van der Waals surface area (Å²) < 4.78 is 0. The number of carbonyl (C=O) groups is 1. The third-order valence-corrected chi connectivity index (χ3v) is 4.05. The maximum Gasteiger partial charge on any atom is 0.218 e. The van der Waals surface area contributed by atoms with Crippen molar-refractivity contribution in [1.82, 2.24) is 4.90 Å². The molecule has 2 atom stereocenters. The van der Waals surface area contributed by atoms with Gasteiger partial charge in [0.25, 0.3) is 0 Å². The number of piperidine rings is 1. The lowest BCUT2D eigenvalue weighted by Crippen LogP contribution is -2.42. The smallest absolute Gasteiger partial charge is 0.218 e. The van der Waals surface area contributed by atoms with Crippen molar-refractivity contribution in [2.45, 2.75) is 38.5 Å². The van der Waals surface area contributed by atoms with Crippen LogP contribution in [0.1, 0.15) is 38.5 Å². The van der Waals surface area contributed by atoms with Crippen molar-refractivity contribution in [3.8, 4) is 0 Å². The molecule has 0 aromatic rings. The molecule has 15 heavy (non-hydrogen) atoms. The zero-order valence-electron chi connectivity index (χ0n) is 9.45. The Morgan fingerprint density at radius 1 is 1.20 bits per heavy atom. The molecule has 1 aliphatic heterocycles. The fourth-order valence-electron chi connectivity index (χ4n) is 3.15. The molecule has 0 spiro atoms. The van der Waals surface area contributed by atoms with Crippen molar-refractivity contribution < 1.29 is 4.79 Å². The van der Waals surface area contributed by atoms with Gasteiger partial charge in [-0.1, -0.05) is 19.3 Å². The van der Waals surface area contributed by atoms with Crippen molar-refractivity contribution in [2.75, 3.05) is 19.6 Å². The molecule has 1 aliphatic carbocycles. The highest BCUT2D eigenvalue weighted by molar-refractivity contribution is 5.73. The maximum absolute atomic E-state index is 10.7. The number of nitrogens with two attached hydrogens (primary N) is 1. The number of likely N-dealkylation sites (tertiary alicyclic amines) is 1. The van der Waals surface area contributed by atoms with E-state index in [4.69, 9.17) is 5.73 Å². The van der Waals surface area contributed by atoms with Crippen molar-refractivity contribution in [2.24, 2.45) is 17.6 Å². The van der Waals surface area contributed by atoms with E-state index in [9.17, 15) is 4.79 Å². The number of hydrogen-bond acceptors (Lipinski definition) is 2. The van der Waals surface area contributed by atoms with Gasteiger partial charge in [0.15, 0.2) is 0 Å². The number of primary amides is 1. The van der Waals surface area contributed by atoms with Crippen LogP contribution >= 0.6 is 0 Å². The van der Waals surface area contributed by atoms with Gasteiger partial charge in [-0.3, -0.25) is 4.79 Å². The second-order valence-corrected chi connectivity index (χ2v) is 5.11. The van der Waals surface area contributed by atoms with E-state index < -0.39 is 0 Å². The average Bonchev–Trinajstić information content (AvgIpc) is 2.26. The van der Waals surface area contributed by atoms with Gasteiger partial charge in [0, 0.05) is 19.5 Å². The Balaban J connectivity index is 1.78.